The van der Waals surface area contributed by atoms with Gasteiger partial charge in [0.25, 0.3) is 0 Å². The van der Waals surface area contributed by atoms with Gasteiger partial charge in [0.15, 0.2) is 6.29 Å². The van der Waals surface area contributed by atoms with Crippen LogP contribution in [-0.2, 0) is 13.1 Å². The molecule has 2 aliphatic heterocycles. The molecule has 2 aliphatic rings. The number of fused-ring (bicyclic) bond motifs is 5. The van der Waals surface area contributed by atoms with E-state index in [1.54, 1.807) is 0 Å². The van der Waals surface area contributed by atoms with Crippen LogP contribution in [0.4, 0.5) is 0 Å². The first kappa shape index (κ1) is 12.2. The first-order valence-electron chi connectivity index (χ1n) is 7.74. The summed E-state index contributed by atoms with van der Waals surface area (Å²) in [5.41, 5.74) is 4.65. The van der Waals surface area contributed by atoms with Gasteiger partial charge in [0.2, 0.25) is 0 Å². The first-order chi connectivity index (χ1) is 10.9. The molecule has 1 aromatic heterocycles. The lowest BCUT2D eigenvalue weighted by atomic mass is 10.1. The summed E-state index contributed by atoms with van der Waals surface area (Å²) in [6.45, 7) is 1.97. The summed E-state index contributed by atoms with van der Waals surface area (Å²) in [7, 11) is 0. The van der Waals surface area contributed by atoms with E-state index < -0.39 is 0 Å². The Balaban J connectivity index is 1.55. The number of hydrogen-bond donors (Lipinski definition) is 0. The minimum atomic E-state index is 0.410. The lowest BCUT2D eigenvalue weighted by Gasteiger charge is -2.11. The van der Waals surface area contributed by atoms with E-state index in [9.17, 15) is 4.79 Å². The molecule has 3 aromatic rings. The Labute approximate surface area is 128 Å². The molecule has 0 amide bonds. The number of carbonyl (C=O) groups excluding carboxylic acids is 1. The van der Waals surface area contributed by atoms with Crippen LogP contribution in [0.25, 0.3) is 10.9 Å². The number of nitrogens with zero attached hydrogens (tertiary/aromatic N) is 2. The second kappa shape index (κ2) is 4.31. The molecule has 1 unspecified atom stereocenters. The van der Waals surface area contributed by atoms with Crippen LogP contribution in [0, 0.1) is 0 Å². The van der Waals surface area contributed by atoms with Gasteiger partial charge in [-0.05, 0) is 11.6 Å². The molecule has 0 bridgehead atoms. The summed E-state index contributed by atoms with van der Waals surface area (Å²) in [4.78, 5) is 14.1. The predicted molar refractivity (Wildman–Crippen MR) is 85.8 cm³/mol. The van der Waals surface area contributed by atoms with Crippen LogP contribution in [-0.4, -0.2) is 21.8 Å². The molecule has 0 spiro atoms. The molecule has 108 valence electrons. The normalized spacial score (nSPS) is 25.0. The van der Waals surface area contributed by atoms with Gasteiger partial charge in [-0.3, -0.25) is 9.69 Å². The number of carbonyl (C=O) groups is 1. The maximum atomic E-state index is 11.6. The van der Waals surface area contributed by atoms with E-state index in [0.29, 0.717) is 12.1 Å². The fourth-order valence-corrected chi connectivity index (χ4v) is 4.06. The minimum Gasteiger partial charge on any atom is -0.341 e. The summed E-state index contributed by atoms with van der Waals surface area (Å²) < 4.78 is 2.34. The average molecular weight is 288 g/mol. The second-order valence-corrected chi connectivity index (χ2v) is 6.21. The molecule has 22 heavy (non-hydrogen) atoms. The monoisotopic (exact) mass is 288 g/mol. The predicted octanol–water partition coefficient (Wildman–Crippen LogP) is 3.39. The van der Waals surface area contributed by atoms with Gasteiger partial charge in [-0.1, -0.05) is 48.5 Å². The first-order valence-corrected chi connectivity index (χ1v) is 7.74. The highest BCUT2D eigenvalue weighted by Crippen LogP contribution is 2.53. The maximum absolute atomic E-state index is 11.6. The summed E-state index contributed by atoms with van der Waals surface area (Å²) in [5, 5.41) is 1.09. The Hall–Kier alpha value is -2.39. The van der Waals surface area contributed by atoms with E-state index in [1.165, 1.54) is 16.8 Å². The van der Waals surface area contributed by atoms with Gasteiger partial charge in [0, 0.05) is 41.3 Å². The zero-order valence-electron chi connectivity index (χ0n) is 12.1. The molecule has 2 aromatic carbocycles. The molecule has 0 N–H and O–H groups in total. The van der Waals surface area contributed by atoms with Crippen molar-refractivity contribution >= 4 is 17.2 Å². The highest BCUT2D eigenvalue weighted by atomic mass is 16.1. The number of aromatic nitrogens is 1. The molecule has 0 radical (unpaired) electrons. The Morgan fingerprint density at radius 1 is 1.05 bits per heavy atom. The molecular formula is C19H16N2O. The summed E-state index contributed by atoms with van der Waals surface area (Å²) in [6, 6.07) is 19.8. The molecule has 3 heteroatoms. The topological polar surface area (TPSA) is 25.0 Å². The lowest BCUT2D eigenvalue weighted by molar-refractivity contribution is 0.112. The molecule has 1 saturated heterocycles. The van der Waals surface area contributed by atoms with Crippen molar-refractivity contribution < 1.29 is 4.79 Å². The van der Waals surface area contributed by atoms with Crippen LogP contribution >= 0.6 is 0 Å². The highest BCUT2D eigenvalue weighted by molar-refractivity contribution is 6.00. The average Bonchev–Trinajstić information content (AvgIpc) is 2.93. The molecule has 3 heterocycles. The largest absolute Gasteiger partial charge is 0.341 e. The van der Waals surface area contributed by atoms with Gasteiger partial charge in [-0.15, -0.1) is 0 Å². The molecule has 0 aliphatic carbocycles. The Kier molecular flexibility index (Phi) is 2.38. The van der Waals surface area contributed by atoms with Crippen LogP contribution in [0.15, 0.2) is 54.6 Å². The number of para-hydroxylation sites is 1. The third-order valence-corrected chi connectivity index (χ3v) is 5.09. The molecule has 3 nitrogen and oxygen atoms in total. The van der Waals surface area contributed by atoms with Crippen molar-refractivity contribution in [2.75, 3.05) is 0 Å². The number of aldehydes is 1. The maximum Gasteiger partial charge on any atom is 0.152 e. The van der Waals surface area contributed by atoms with Crippen molar-refractivity contribution in [3.05, 3.63) is 71.4 Å². The van der Waals surface area contributed by atoms with Crippen molar-refractivity contribution in [1.82, 2.24) is 9.47 Å². The SMILES string of the molecule is O=Cc1c2n(c3ccccc13)C[C@H]1[C@@H]2N1Cc1ccccc1. The van der Waals surface area contributed by atoms with Crippen molar-refractivity contribution in [1.29, 1.82) is 0 Å². The molecule has 0 saturated carbocycles. The highest BCUT2D eigenvalue weighted by Gasteiger charge is 2.55. The molecular weight excluding hydrogens is 272 g/mol. The van der Waals surface area contributed by atoms with Crippen LogP contribution in [0.5, 0.6) is 0 Å². The third kappa shape index (κ3) is 1.52. The van der Waals surface area contributed by atoms with Gasteiger partial charge in [0.1, 0.15) is 0 Å². The number of benzene rings is 2. The van der Waals surface area contributed by atoms with E-state index in [2.05, 4.69) is 58.0 Å². The van der Waals surface area contributed by atoms with Crippen LogP contribution < -0.4 is 0 Å². The third-order valence-electron chi connectivity index (χ3n) is 5.09. The summed E-state index contributed by atoms with van der Waals surface area (Å²) >= 11 is 0. The van der Waals surface area contributed by atoms with Crippen LogP contribution in [0.3, 0.4) is 0 Å². The van der Waals surface area contributed by atoms with Crippen molar-refractivity contribution in [2.24, 2.45) is 0 Å². The molecule has 1 fully saturated rings. The van der Waals surface area contributed by atoms with Crippen molar-refractivity contribution in [3.63, 3.8) is 0 Å². The fourth-order valence-electron chi connectivity index (χ4n) is 4.06. The minimum absolute atomic E-state index is 0.410. The van der Waals surface area contributed by atoms with Crippen molar-refractivity contribution in [2.45, 2.75) is 25.2 Å². The molecule has 5 rings (SSSR count). The van der Waals surface area contributed by atoms with Gasteiger partial charge in [0.05, 0.1) is 6.04 Å². The smallest absolute Gasteiger partial charge is 0.152 e. The Bertz CT molecular complexity index is 881. The van der Waals surface area contributed by atoms with E-state index in [1.807, 2.05) is 6.07 Å². The second-order valence-electron chi connectivity index (χ2n) is 6.21. The van der Waals surface area contributed by atoms with E-state index >= 15 is 0 Å². The summed E-state index contributed by atoms with van der Waals surface area (Å²) in [5.74, 6) is 0. The van der Waals surface area contributed by atoms with E-state index in [-0.39, 0.29) is 0 Å². The lowest BCUT2D eigenvalue weighted by Crippen LogP contribution is -2.12. The zero-order chi connectivity index (χ0) is 14.7. The standard InChI is InChI=1S/C19H16N2O/c22-12-15-14-8-4-5-9-16(14)21-11-17-19(18(15)21)20(17)10-13-6-2-1-3-7-13/h1-9,12,17,19H,10-11H2/t17-,19-,20?/m0/s1. The van der Waals surface area contributed by atoms with E-state index in [0.717, 1.165) is 30.3 Å². The van der Waals surface area contributed by atoms with Crippen molar-refractivity contribution in [3.8, 4) is 0 Å². The zero-order valence-corrected chi connectivity index (χ0v) is 12.1. The molecule has 3 atom stereocenters. The van der Waals surface area contributed by atoms with E-state index in [4.69, 9.17) is 0 Å². The van der Waals surface area contributed by atoms with Crippen LogP contribution in [0.1, 0.15) is 27.7 Å². The summed E-state index contributed by atoms with van der Waals surface area (Å²) in [6.07, 6.45) is 1.04. The van der Waals surface area contributed by atoms with Gasteiger partial charge in [-0.25, -0.2) is 0 Å². The Morgan fingerprint density at radius 3 is 2.64 bits per heavy atom. The fraction of sp³-hybridized carbons (Fsp3) is 0.211. The van der Waals surface area contributed by atoms with Crippen LogP contribution in [0.2, 0.25) is 0 Å². The Morgan fingerprint density at radius 2 is 1.82 bits per heavy atom. The number of hydrogen-bond acceptors (Lipinski definition) is 2. The quantitative estimate of drug-likeness (QED) is 0.545. The van der Waals surface area contributed by atoms with Gasteiger partial charge < -0.3 is 4.57 Å². The van der Waals surface area contributed by atoms with Gasteiger partial charge >= 0.3 is 0 Å². The van der Waals surface area contributed by atoms with Gasteiger partial charge in [-0.2, -0.15) is 0 Å². The number of rotatable bonds is 3.